The fraction of sp³-hybridized carbons (Fsp3) is 0.214. The summed E-state index contributed by atoms with van der Waals surface area (Å²) in [4.78, 5) is 43.1. The van der Waals surface area contributed by atoms with Gasteiger partial charge in [0.05, 0.1) is 12.2 Å². The molecule has 0 N–H and O–H groups in total. The second-order valence-electron chi connectivity index (χ2n) is 9.60. The third-order valence-electron chi connectivity index (χ3n) is 6.98. The Balaban J connectivity index is 1.53. The van der Waals surface area contributed by atoms with Crippen LogP contribution in [-0.2, 0) is 6.54 Å². The first-order chi connectivity index (χ1) is 17.3. The number of hydrogen-bond donors (Lipinski definition) is 0. The molecule has 0 spiro atoms. The monoisotopic (exact) mass is 480 g/mol. The first-order valence-electron chi connectivity index (χ1n) is 11.8. The van der Waals surface area contributed by atoms with E-state index in [1.165, 1.54) is 16.3 Å². The highest BCUT2D eigenvalue weighted by Crippen LogP contribution is 2.47. The number of allylic oxidation sites excluding steroid dienone is 1. The van der Waals surface area contributed by atoms with E-state index in [1.54, 1.807) is 36.7 Å². The van der Waals surface area contributed by atoms with Gasteiger partial charge in [0.2, 0.25) is 0 Å². The molecule has 180 valence electrons. The molecule has 6 rings (SSSR count). The van der Waals surface area contributed by atoms with Crippen LogP contribution in [0.2, 0.25) is 0 Å². The second kappa shape index (κ2) is 7.78. The third kappa shape index (κ3) is 3.21. The summed E-state index contributed by atoms with van der Waals surface area (Å²) in [6.45, 7) is 5.68. The topological polar surface area (TPSA) is 88.1 Å². The van der Waals surface area contributed by atoms with Crippen LogP contribution >= 0.6 is 0 Å². The van der Waals surface area contributed by atoms with Crippen molar-refractivity contribution in [1.82, 2.24) is 18.9 Å². The van der Waals surface area contributed by atoms with Crippen LogP contribution in [0, 0.1) is 0 Å². The largest absolute Gasteiger partial charge is 0.483 e. The molecule has 0 radical (unpaired) electrons. The van der Waals surface area contributed by atoms with Crippen LogP contribution in [0.5, 0.6) is 5.75 Å². The molecule has 8 heteroatoms. The molecule has 0 saturated heterocycles. The number of ether oxygens (including phenoxy) is 1. The lowest BCUT2D eigenvalue weighted by Crippen LogP contribution is -2.46. The summed E-state index contributed by atoms with van der Waals surface area (Å²) in [5, 5.41) is 0. The van der Waals surface area contributed by atoms with Crippen LogP contribution in [0.1, 0.15) is 42.7 Å². The van der Waals surface area contributed by atoms with Crippen molar-refractivity contribution >= 4 is 5.78 Å². The number of benzene rings is 2. The summed E-state index contributed by atoms with van der Waals surface area (Å²) < 4.78 is 10.6. The fourth-order valence-corrected chi connectivity index (χ4v) is 5.18. The molecule has 2 aliphatic rings. The normalized spacial score (nSPS) is 17.3. The average Bonchev–Trinajstić information content (AvgIpc) is 3.13. The van der Waals surface area contributed by atoms with Gasteiger partial charge in [-0.15, -0.1) is 0 Å². The number of rotatable bonds is 3. The lowest BCUT2D eigenvalue weighted by atomic mass is 9.82. The van der Waals surface area contributed by atoms with Gasteiger partial charge >= 0.3 is 11.4 Å². The number of pyridine rings is 1. The smallest absolute Gasteiger partial charge is 0.352 e. The Morgan fingerprint density at radius 1 is 1.03 bits per heavy atom. The van der Waals surface area contributed by atoms with Crippen molar-refractivity contribution in [1.29, 1.82) is 0 Å². The molecule has 0 bridgehead atoms. The number of hydrogen-bond acceptors (Lipinski definition) is 5. The summed E-state index contributed by atoms with van der Waals surface area (Å²) in [6.07, 6.45) is 5.50. The van der Waals surface area contributed by atoms with Gasteiger partial charge in [0.25, 0.3) is 0 Å². The number of carbonyl (C=O) groups excluding carboxylic acids is 1. The molecule has 8 nitrogen and oxygen atoms in total. The number of Topliss-reactive ketones (excluding diaryl/α,β-unsaturated/α-hetero) is 1. The highest BCUT2D eigenvalue weighted by molar-refractivity contribution is 5.94. The molecule has 2 aromatic carbocycles. The summed E-state index contributed by atoms with van der Waals surface area (Å²) in [5.41, 5.74) is 3.04. The first-order valence-corrected chi connectivity index (χ1v) is 11.8. The van der Waals surface area contributed by atoms with E-state index in [1.807, 2.05) is 50.3 Å². The molecule has 0 amide bonds. The zero-order valence-corrected chi connectivity index (χ0v) is 20.1. The Labute approximate surface area is 206 Å². The van der Waals surface area contributed by atoms with Crippen molar-refractivity contribution in [3.8, 4) is 22.6 Å². The summed E-state index contributed by atoms with van der Waals surface area (Å²) in [7, 11) is 0. The van der Waals surface area contributed by atoms with Gasteiger partial charge in [-0.05, 0) is 68.3 Å². The van der Waals surface area contributed by atoms with E-state index >= 15 is 0 Å². The molecule has 0 fully saturated rings. The van der Waals surface area contributed by atoms with Gasteiger partial charge in [-0.1, -0.05) is 24.3 Å². The third-order valence-corrected chi connectivity index (χ3v) is 6.98. The predicted octanol–water partition coefficient (Wildman–Crippen LogP) is 3.77. The Kier molecular flexibility index (Phi) is 4.76. The zero-order valence-electron chi connectivity index (χ0n) is 20.1. The molecule has 1 unspecified atom stereocenters. The van der Waals surface area contributed by atoms with Crippen molar-refractivity contribution in [2.45, 2.75) is 39.0 Å². The quantitative estimate of drug-likeness (QED) is 0.329. The fourth-order valence-electron chi connectivity index (χ4n) is 5.18. The minimum atomic E-state index is -0.683. The number of fused-ring (bicyclic) bond motifs is 5. The standard InChI is InChI=1S/C28H24N4O4/c1-17(33)18-6-9-21(10-7-18)31-26(34)30-14-12-23-25(32(30)27(31)35)22-11-8-19(20-5-4-13-29-16-20)15-24(22)36-28(23,2)3/h4-13,15-16,25H,14H2,1-3H3. The predicted molar refractivity (Wildman–Crippen MR) is 135 cm³/mol. The van der Waals surface area contributed by atoms with Gasteiger partial charge in [0.15, 0.2) is 5.78 Å². The van der Waals surface area contributed by atoms with Gasteiger partial charge in [-0.2, -0.15) is 0 Å². The highest BCUT2D eigenvalue weighted by Gasteiger charge is 2.43. The molecule has 1 atom stereocenters. The number of ketones is 1. The maximum absolute atomic E-state index is 13.8. The number of aromatic nitrogens is 4. The maximum atomic E-state index is 13.8. The molecule has 2 aromatic heterocycles. The highest BCUT2D eigenvalue weighted by atomic mass is 16.5. The molecule has 0 aliphatic carbocycles. The van der Waals surface area contributed by atoms with Crippen LogP contribution in [0.3, 0.4) is 0 Å². The average molecular weight is 481 g/mol. The van der Waals surface area contributed by atoms with E-state index in [-0.39, 0.29) is 12.3 Å². The first kappa shape index (κ1) is 22.0. The Bertz CT molecular complexity index is 1670. The van der Waals surface area contributed by atoms with Crippen molar-refractivity contribution in [2.24, 2.45) is 0 Å². The zero-order chi connectivity index (χ0) is 25.2. The SMILES string of the molecule is CC(=O)c1ccc(-n2c(=O)n3n(c2=O)C2C(=CC3)C(C)(C)Oc3cc(-c4cccnc4)ccc32)cc1. The van der Waals surface area contributed by atoms with Gasteiger partial charge < -0.3 is 4.74 Å². The van der Waals surface area contributed by atoms with E-state index in [2.05, 4.69) is 4.98 Å². The van der Waals surface area contributed by atoms with E-state index < -0.39 is 23.0 Å². The van der Waals surface area contributed by atoms with Crippen LogP contribution in [-0.4, -0.2) is 30.3 Å². The van der Waals surface area contributed by atoms with Gasteiger partial charge in [-0.3, -0.25) is 9.78 Å². The van der Waals surface area contributed by atoms with E-state index in [0.717, 1.165) is 26.8 Å². The minimum Gasteiger partial charge on any atom is -0.483 e. The van der Waals surface area contributed by atoms with E-state index in [9.17, 15) is 14.4 Å². The van der Waals surface area contributed by atoms with Gasteiger partial charge in [0.1, 0.15) is 17.4 Å². The molecule has 4 heterocycles. The summed E-state index contributed by atoms with van der Waals surface area (Å²) in [5.74, 6) is 0.581. The number of nitrogens with zero attached hydrogens (tertiary/aromatic N) is 4. The van der Waals surface area contributed by atoms with Gasteiger partial charge in [-0.25, -0.2) is 23.5 Å². The van der Waals surface area contributed by atoms with E-state index in [0.29, 0.717) is 17.0 Å². The van der Waals surface area contributed by atoms with Crippen molar-refractivity contribution in [2.75, 3.05) is 0 Å². The van der Waals surface area contributed by atoms with Crippen molar-refractivity contribution < 1.29 is 9.53 Å². The van der Waals surface area contributed by atoms with Crippen LogP contribution in [0.15, 0.2) is 88.2 Å². The van der Waals surface area contributed by atoms with E-state index in [4.69, 9.17) is 4.74 Å². The van der Waals surface area contributed by atoms with Crippen molar-refractivity contribution in [3.63, 3.8) is 0 Å². The molecular formula is C28H24N4O4. The minimum absolute atomic E-state index is 0.0812. The Morgan fingerprint density at radius 2 is 1.81 bits per heavy atom. The molecule has 36 heavy (non-hydrogen) atoms. The lowest BCUT2D eigenvalue weighted by Gasteiger charge is -2.42. The number of carbonyl (C=O) groups is 1. The summed E-state index contributed by atoms with van der Waals surface area (Å²) in [6, 6.07) is 15.8. The molecule has 0 saturated carbocycles. The van der Waals surface area contributed by atoms with Crippen LogP contribution in [0.4, 0.5) is 0 Å². The molecular weight excluding hydrogens is 456 g/mol. The molecule has 4 aromatic rings. The van der Waals surface area contributed by atoms with Crippen LogP contribution in [0.25, 0.3) is 16.8 Å². The van der Waals surface area contributed by atoms with Crippen LogP contribution < -0.4 is 16.1 Å². The second-order valence-corrected chi connectivity index (χ2v) is 9.60. The maximum Gasteiger partial charge on any atom is 0.352 e. The molecule has 2 aliphatic heterocycles. The Hall–Kier alpha value is -4.46. The Morgan fingerprint density at radius 3 is 2.50 bits per heavy atom. The van der Waals surface area contributed by atoms with Crippen molar-refractivity contribution in [3.05, 3.63) is 111 Å². The van der Waals surface area contributed by atoms with Gasteiger partial charge in [0, 0.05) is 29.1 Å². The summed E-state index contributed by atoms with van der Waals surface area (Å²) >= 11 is 0. The lowest BCUT2D eigenvalue weighted by molar-refractivity contribution is 0.101.